The lowest BCUT2D eigenvalue weighted by Gasteiger charge is -2.31. The lowest BCUT2D eigenvalue weighted by molar-refractivity contribution is 0.119. The minimum absolute atomic E-state index is 0.0946. The van der Waals surface area contributed by atoms with Crippen molar-refractivity contribution in [3.63, 3.8) is 0 Å². The molecule has 0 radical (unpaired) electrons. The Hall–Kier alpha value is -0.120. The number of hydrogen-bond acceptors (Lipinski definition) is 3. The van der Waals surface area contributed by atoms with Crippen molar-refractivity contribution in [2.75, 3.05) is 20.2 Å². The predicted molar refractivity (Wildman–Crippen MR) is 65.8 cm³/mol. The summed E-state index contributed by atoms with van der Waals surface area (Å²) in [6.07, 6.45) is 3.22. The van der Waals surface area contributed by atoms with Gasteiger partial charge in [0.1, 0.15) is 0 Å². The minimum Gasteiger partial charge on any atom is -0.395 e. The zero-order valence-corrected chi connectivity index (χ0v) is 10.7. The van der Waals surface area contributed by atoms with E-state index < -0.39 is 0 Å². The Morgan fingerprint density at radius 2 is 1.87 bits per heavy atom. The molecule has 0 spiro atoms. The molecule has 2 unspecified atom stereocenters. The number of aliphatic hydroxyl groups is 1. The van der Waals surface area contributed by atoms with Gasteiger partial charge in [-0.15, -0.1) is 0 Å². The first-order valence-corrected chi connectivity index (χ1v) is 6.09. The van der Waals surface area contributed by atoms with Gasteiger partial charge in [-0.2, -0.15) is 0 Å². The third-order valence-electron chi connectivity index (χ3n) is 2.93. The summed E-state index contributed by atoms with van der Waals surface area (Å²) in [5, 5.41) is 9.34. The molecule has 3 nitrogen and oxygen atoms in total. The molecule has 0 aliphatic heterocycles. The molecular formula is C12H28N2O. The van der Waals surface area contributed by atoms with Crippen molar-refractivity contribution >= 4 is 0 Å². The molecule has 0 aromatic rings. The Kier molecular flexibility index (Phi) is 8.02. The van der Waals surface area contributed by atoms with Crippen LogP contribution in [0.25, 0.3) is 0 Å². The van der Waals surface area contributed by atoms with Gasteiger partial charge >= 0.3 is 0 Å². The molecule has 0 heterocycles. The molecule has 0 aliphatic carbocycles. The van der Waals surface area contributed by atoms with Crippen LogP contribution in [-0.4, -0.2) is 42.3 Å². The molecule has 0 rings (SSSR count). The summed E-state index contributed by atoms with van der Waals surface area (Å²) in [5.74, 6) is 0.703. The zero-order chi connectivity index (χ0) is 11.8. The highest BCUT2D eigenvalue weighted by Gasteiger charge is 2.20. The van der Waals surface area contributed by atoms with E-state index >= 15 is 0 Å². The Morgan fingerprint density at radius 3 is 2.27 bits per heavy atom. The number of nitrogens with two attached hydrogens (primary N) is 1. The molecule has 3 heteroatoms. The van der Waals surface area contributed by atoms with Gasteiger partial charge in [0, 0.05) is 12.1 Å². The van der Waals surface area contributed by atoms with Crippen LogP contribution >= 0.6 is 0 Å². The summed E-state index contributed by atoms with van der Waals surface area (Å²) in [7, 11) is 2.05. The highest BCUT2D eigenvalue weighted by Crippen LogP contribution is 2.09. The second kappa shape index (κ2) is 8.08. The number of nitrogens with zero attached hydrogens (tertiary/aromatic N) is 1. The molecule has 15 heavy (non-hydrogen) atoms. The van der Waals surface area contributed by atoms with Crippen LogP contribution in [0.3, 0.4) is 0 Å². The highest BCUT2D eigenvalue weighted by molar-refractivity contribution is 4.79. The van der Waals surface area contributed by atoms with Crippen LogP contribution in [0.1, 0.15) is 40.0 Å². The third-order valence-corrected chi connectivity index (χ3v) is 2.93. The SMILES string of the molecule is CCCC(N)C(CO)N(C)CCC(C)C. The van der Waals surface area contributed by atoms with E-state index in [0.29, 0.717) is 5.92 Å². The van der Waals surface area contributed by atoms with Crippen molar-refractivity contribution in [3.8, 4) is 0 Å². The number of aliphatic hydroxyl groups excluding tert-OH is 1. The van der Waals surface area contributed by atoms with Crippen LogP contribution in [0.15, 0.2) is 0 Å². The standard InChI is InChI=1S/C12H28N2O/c1-5-6-11(13)12(9-15)14(4)8-7-10(2)3/h10-12,15H,5-9,13H2,1-4H3. The summed E-state index contributed by atoms with van der Waals surface area (Å²) in [6.45, 7) is 7.74. The van der Waals surface area contributed by atoms with Crippen LogP contribution in [0.2, 0.25) is 0 Å². The smallest absolute Gasteiger partial charge is 0.0601 e. The molecule has 0 fully saturated rings. The largest absolute Gasteiger partial charge is 0.395 e. The fourth-order valence-corrected chi connectivity index (χ4v) is 1.76. The first kappa shape index (κ1) is 14.9. The van der Waals surface area contributed by atoms with E-state index in [9.17, 15) is 5.11 Å². The second-order valence-electron chi connectivity index (χ2n) is 4.87. The van der Waals surface area contributed by atoms with Crippen molar-refractivity contribution in [3.05, 3.63) is 0 Å². The van der Waals surface area contributed by atoms with Crippen LogP contribution in [0.5, 0.6) is 0 Å². The molecule has 0 saturated heterocycles. The topological polar surface area (TPSA) is 49.5 Å². The Balaban J connectivity index is 4.02. The van der Waals surface area contributed by atoms with Crippen LogP contribution < -0.4 is 5.73 Å². The van der Waals surface area contributed by atoms with Crippen molar-refractivity contribution in [2.24, 2.45) is 11.7 Å². The van der Waals surface area contributed by atoms with Gasteiger partial charge in [0.15, 0.2) is 0 Å². The molecular weight excluding hydrogens is 188 g/mol. The summed E-state index contributed by atoms with van der Waals surface area (Å²) < 4.78 is 0. The number of rotatable bonds is 8. The van der Waals surface area contributed by atoms with Gasteiger partial charge in [-0.1, -0.05) is 27.2 Å². The summed E-state index contributed by atoms with van der Waals surface area (Å²) >= 11 is 0. The Labute approximate surface area is 94.6 Å². The van der Waals surface area contributed by atoms with Crippen LogP contribution in [-0.2, 0) is 0 Å². The van der Waals surface area contributed by atoms with E-state index in [2.05, 4.69) is 32.7 Å². The molecule has 3 N–H and O–H groups in total. The fourth-order valence-electron chi connectivity index (χ4n) is 1.76. The maximum Gasteiger partial charge on any atom is 0.0601 e. The van der Waals surface area contributed by atoms with Crippen molar-refractivity contribution in [2.45, 2.75) is 52.1 Å². The minimum atomic E-state index is 0.0946. The van der Waals surface area contributed by atoms with Gasteiger partial charge in [-0.3, -0.25) is 4.90 Å². The van der Waals surface area contributed by atoms with E-state index in [0.717, 1.165) is 25.8 Å². The molecule has 2 atom stereocenters. The first-order valence-electron chi connectivity index (χ1n) is 6.09. The number of likely N-dealkylation sites (N-methyl/N-ethyl adjacent to an activating group) is 1. The quantitative estimate of drug-likeness (QED) is 0.646. The van der Waals surface area contributed by atoms with Crippen molar-refractivity contribution in [1.82, 2.24) is 4.90 Å². The van der Waals surface area contributed by atoms with E-state index in [1.807, 2.05) is 0 Å². The normalized spacial score (nSPS) is 16.0. The summed E-state index contributed by atoms with van der Waals surface area (Å²) in [5.41, 5.74) is 6.04. The van der Waals surface area contributed by atoms with Gasteiger partial charge < -0.3 is 10.8 Å². The van der Waals surface area contributed by atoms with Gasteiger partial charge in [-0.05, 0) is 32.4 Å². The van der Waals surface area contributed by atoms with Gasteiger partial charge in [0.25, 0.3) is 0 Å². The number of hydrogen-bond donors (Lipinski definition) is 2. The van der Waals surface area contributed by atoms with Crippen LogP contribution in [0, 0.1) is 5.92 Å². The Morgan fingerprint density at radius 1 is 1.27 bits per heavy atom. The van der Waals surface area contributed by atoms with Crippen molar-refractivity contribution in [1.29, 1.82) is 0 Å². The predicted octanol–water partition coefficient (Wildman–Crippen LogP) is 1.45. The van der Waals surface area contributed by atoms with Gasteiger partial charge in [0.05, 0.1) is 6.61 Å². The average Bonchev–Trinajstić information content (AvgIpc) is 2.16. The molecule has 0 amide bonds. The Bertz CT molecular complexity index is 151. The van der Waals surface area contributed by atoms with Gasteiger partial charge in [-0.25, -0.2) is 0 Å². The first-order chi connectivity index (χ1) is 7.02. The maximum absolute atomic E-state index is 9.34. The molecule has 92 valence electrons. The molecule has 0 aromatic carbocycles. The lowest BCUT2D eigenvalue weighted by atomic mass is 10.0. The van der Waals surface area contributed by atoms with Gasteiger partial charge in [0.2, 0.25) is 0 Å². The van der Waals surface area contributed by atoms with Crippen molar-refractivity contribution < 1.29 is 5.11 Å². The monoisotopic (exact) mass is 216 g/mol. The fraction of sp³-hybridized carbons (Fsp3) is 1.00. The molecule has 0 aromatic heterocycles. The summed E-state index contributed by atoms with van der Waals surface area (Å²) in [6, 6.07) is 0.209. The van der Waals surface area contributed by atoms with E-state index in [1.165, 1.54) is 0 Å². The lowest BCUT2D eigenvalue weighted by Crippen LogP contribution is -2.48. The summed E-state index contributed by atoms with van der Waals surface area (Å²) in [4.78, 5) is 2.19. The molecule has 0 bridgehead atoms. The second-order valence-corrected chi connectivity index (χ2v) is 4.87. The maximum atomic E-state index is 9.34. The van der Waals surface area contributed by atoms with E-state index in [4.69, 9.17) is 5.73 Å². The molecule has 0 aliphatic rings. The van der Waals surface area contributed by atoms with E-state index in [-0.39, 0.29) is 18.7 Å². The third kappa shape index (κ3) is 6.13. The van der Waals surface area contributed by atoms with E-state index in [1.54, 1.807) is 0 Å². The highest BCUT2D eigenvalue weighted by atomic mass is 16.3. The zero-order valence-electron chi connectivity index (χ0n) is 10.7. The average molecular weight is 216 g/mol. The molecule has 0 saturated carbocycles. The van der Waals surface area contributed by atoms with Crippen LogP contribution in [0.4, 0.5) is 0 Å².